The van der Waals surface area contributed by atoms with E-state index in [-0.39, 0.29) is 0 Å². The van der Waals surface area contributed by atoms with E-state index in [2.05, 4.69) is 15.8 Å². The molecule has 2 heterocycles. The van der Waals surface area contributed by atoms with Crippen LogP contribution in [0.4, 0.5) is 0 Å². The Labute approximate surface area is 97.1 Å². The van der Waals surface area contributed by atoms with Crippen LogP contribution in [0.15, 0.2) is 36.9 Å². The molecule has 0 aliphatic heterocycles. The Morgan fingerprint density at radius 3 is 2.38 bits per heavy atom. The van der Waals surface area contributed by atoms with E-state index in [4.69, 9.17) is 0 Å². The minimum atomic E-state index is 1.00. The highest BCUT2D eigenvalue weighted by Gasteiger charge is 1.94. The maximum Gasteiger partial charge on any atom is 0.0831 e. The summed E-state index contributed by atoms with van der Waals surface area (Å²) >= 11 is 0. The molecule has 0 bridgehead atoms. The second-order valence-corrected chi connectivity index (χ2v) is 2.67. The third-order valence-corrected chi connectivity index (χ3v) is 1.63. The molecule has 2 aromatic rings. The SMILES string of the molecule is CC.CN.Cc1cncc(-n2cccn2)c1. The topological polar surface area (TPSA) is 56.7 Å². The summed E-state index contributed by atoms with van der Waals surface area (Å²) in [6.45, 7) is 6.01. The van der Waals surface area contributed by atoms with Gasteiger partial charge in [-0.1, -0.05) is 13.8 Å². The van der Waals surface area contributed by atoms with Crippen LogP contribution < -0.4 is 5.73 Å². The van der Waals surface area contributed by atoms with E-state index in [0.29, 0.717) is 0 Å². The van der Waals surface area contributed by atoms with Crippen LogP contribution in [0.25, 0.3) is 5.69 Å². The second kappa shape index (κ2) is 8.61. The van der Waals surface area contributed by atoms with Gasteiger partial charge in [-0.05, 0) is 31.7 Å². The van der Waals surface area contributed by atoms with Crippen LogP contribution in [0.3, 0.4) is 0 Å². The average Bonchev–Trinajstić information content (AvgIpc) is 2.88. The number of hydrogen-bond acceptors (Lipinski definition) is 3. The van der Waals surface area contributed by atoms with Crippen molar-refractivity contribution in [2.45, 2.75) is 20.8 Å². The Morgan fingerprint density at radius 1 is 1.19 bits per heavy atom. The van der Waals surface area contributed by atoms with E-state index in [0.717, 1.165) is 11.3 Å². The van der Waals surface area contributed by atoms with Crippen molar-refractivity contribution in [3.63, 3.8) is 0 Å². The molecule has 16 heavy (non-hydrogen) atoms. The van der Waals surface area contributed by atoms with Gasteiger partial charge in [0.25, 0.3) is 0 Å². The summed E-state index contributed by atoms with van der Waals surface area (Å²) in [5.74, 6) is 0. The lowest BCUT2D eigenvalue weighted by Gasteiger charge is -2.00. The number of aryl methyl sites for hydroxylation is 1. The summed E-state index contributed by atoms with van der Waals surface area (Å²) < 4.78 is 1.79. The summed E-state index contributed by atoms with van der Waals surface area (Å²) in [4.78, 5) is 4.08. The van der Waals surface area contributed by atoms with Crippen LogP contribution in [0.1, 0.15) is 19.4 Å². The number of hydrogen-bond donors (Lipinski definition) is 1. The third-order valence-electron chi connectivity index (χ3n) is 1.63. The first-order valence-electron chi connectivity index (χ1n) is 5.36. The first-order valence-corrected chi connectivity index (χ1v) is 5.36. The summed E-state index contributed by atoms with van der Waals surface area (Å²) in [7, 11) is 1.50. The lowest BCUT2D eigenvalue weighted by molar-refractivity contribution is 0.872. The second-order valence-electron chi connectivity index (χ2n) is 2.67. The van der Waals surface area contributed by atoms with Crippen molar-refractivity contribution >= 4 is 0 Å². The van der Waals surface area contributed by atoms with Gasteiger partial charge in [-0.2, -0.15) is 5.10 Å². The molecule has 0 spiro atoms. The van der Waals surface area contributed by atoms with Crippen LogP contribution in [-0.4, -0.2) is 21.8 Å². The minimum absolute atomic E-state index is 1.00. The van der Waals surface area contributed by atoms with Crippen molar-refractivity contribution in [3.8, 4) is 5.69 Å². The van der Waals surface area contributed by atoms with Gasteiger partial charge in [0, 0.05) is 18.6 Å². The Bertz CT molecular complexity index is 368. The van der Waals surface area contributed by atoms with Crippen molar-refractivity contribution in [2.75, 3.05) is 7.05 Å². The molecule has 0 aliphatic rings. The van der Waals surface area contributed by atoms with Crippen molar-refractivity contribution in [1.29, 1.82) is 0 Å². The Balaban J connectivity index is 0.000000509. The Kier molecular flexibility index (Phi) is 7.71. The van der Waals surface area contributed by atoms with E-state index in [1.165, 1.54) is 7.05 Å². The molecule has 0 radical (unpaired) electrons. The molecule has 0 fully saturated rings. The van der Waals surface area contributed by atoms with Gasteiger partial charge in [0.2, 0.25) is 0 Å². The van der Waals surface area contributed by atoms with E-state index < -0.39 is 0 Å². The molecule has 0 saturated heterocycles. The lowest BCUT2D eigenvalue weighted by Crippen LogP contribution is -1.94. The van der Waals surface area contributed by atoms with Gasteiger partial charge in [-0.3, -0.25) is 4.98 Å². The first kappa shape index (κ1) is 14.3. The fourth-order valence-electron chi connectivity index (χ4n) is 1.09. The molecular weight excluding hydrogens is 200 g/mol. The van der Waals surface area contributed by atoms with E-state index in [1.807, 2.05) is 45.3 Å². The summed E-state index contributed by atoms with van der Waals surface area (Å²) in [5, 5.41) is 4.10. The zero-order chi connectivity index (χ0) is 12.4. The summed E-state index contributed by atoms with van der Waals surface area (Å²) in [6, 6.07) is 3.93. The summed E-state index contributed by atoms with van der Waals surface area (Å²) in [6.07, 6.45) is 7.27. The van der Waals surface area contributed by atoms with E-state index in [1.54, 1.807) is 17.1 Å². The number of aromatic nitrogens is 3. The molecule has 0 aliphatic carbocycles. The van der Waals surface area contributed by atoms with Gasteiger partial charge >= 0.3 is 0 Å². The predicted molar refractivity (Wildman–Crippen MR) is 67.6 cm³/mol. The van der Waals surface area contributed by atoms with Gasteiger partial charge in [-0.15, -0.1) is 0 Å². The molecule has 2 rings (SSSR count). The van der Waals surface area contributed by atoms with Crippen molar-refractivity contribution in [1.82, 2.24) is 14.8 Å². The van der Waals surface area contributed by atoms with Gasteiger partial charge < -0.3 is 5.73 Å². The zero-order valence-electron chi connectivity index (χ0n) is 10.4. The molecule has 88 valence electrons. The highest BCUT2D eigenvalue weighted by Crippen LogP contribution is 2.05. The van der Waals surface area contributed by atoms with E-state index in [9.17, 15) is 0 Å². The molecule has 2 N–H and O–H groups in total. The molecule has 2 aromatic heterocycles. The minimum Gasteiger partial charge on any atom is -0.333 e. The zero-order valence-corrected chi connectivity index (χ0v) is 10.4. The third kappa shape index (κ3) is 4.23. The molecule has 0 saturated carbocycles. The highest BCUT2D eigenvalue weighted by atomic mass is 15.3. The molecule has 4 heteroatoms. The van der Waals surface area contributed by atoms with E-state index >= 15 is 0 Å². The molecule has 0 aromatic carbocycles. The maximum absolute atomic E-state index is 4.50. The largest absolute Gasteiger partial charge is 0.333 e. The fraction of sp³-hybridized carbons (Fsp3) is 0.333. The van der Waals surface area contributed by atoms with Crippen LogP contribution >= 0.6 is 0 Å². The quantitative estimate of drug-likeness (QED) is 0.801. The Morgan fingerprint density at radius 2 is 1.88 bits per heavy atom. The predicted octanol–water partition coefficient (Wildman–Crippen LogP) is 2.18. The molecule has 0 unspecified atom stereocenters. The lowest BCUT2D eigenvalue weighted by atomic mass is 10.3. The van der Waals surface area contributed by atoms with Crippen molar-refractivity contribution in [2.24, 2.45) is 5.73 Å². The molecule has 0 atom stereocenters. The average molecular weight is 220 g/mol. The first-order chi connectivity index (χ1) is 7.86. The van der Waals surface area contributed by atoms with Crippen LogP contribution in [0, 0.1) is 6.92 Å². The molecular formula is C12H20N4. The van der Waals surface area contributed by atoms with Gasteiger partial charge in [0.15, 0.2) is 0 Å². The van der Waals surface area contributed by atoms with Gasteiger partial charge in [-0.25, -0.2) is 4.68 Å². The molecule has 0 amide bonds. The smallest absolute Gasteiger partial charge is 0.0831 e. The normalized spacial score (nSPS) is 8.31. The van der Waals surface area contributed by atoms with Gasteiger partial charge in [0.05, 0.1) is 11.9 Å². The number of nitrogens with zero attached hydrogens (tertiary/aromatic N) is 3. The van der Waals surface area contributed by atoms with Crippen LogP contribution in [-0.2, 0) is 0 Å². The van der Waals surface area contributed by atoms with Crippen LogP contribution in [0.2, 0.25) is 0 Å². The fourth-order valence-corrected chi connectivity index (χ4v) is 1.09. The van der Waals surface area contributed by atoms with Crippen molar-refractivity contribution in [3.05, 3.63) is 42.5 Å². The highest BCUT2D eigenvalue weighted by molar-refractivity contribution is 5.30. The number of rotatable bonds is 1. The Hall–Kier alpha value is -1.68. The summed E-state index contributed by atoms with van der Waals surface area (Å²) in [5.41, 5.74) is 6.64. The number of pyridine rings is 1. The number of nitrogens with two attached hydrogens (primary N) is 1. The van der Waals surface area contributed by atoms with Crippen LogP contribution in [0.5, 0.6) is 0 Å². The van der Waals surface area contributed by atoms with Crippen molar-refractivity contribution < 1.29 is 0 Å². The molecule has 4 nitrogen and oxygen atoms in total. The standard InChI is InChI=1S/C9H9N3.C2H6.CH5N/c1-8-5-9(7-10-6-8)12-4-2-3-11-12;2*1-2/h2-7H,1H3;1-2H3;2H2,1H3. The van der Waals surface area contributed by atoms with Gasteiger partial charge in [0.1, 0.15) is 0 Å². The maximum atomic E-state index is 4.50. The monoisotopic (exact) mass is 220 g/mol.